The van der Waals surface area contributed by atoms with Gasteiger partial charge in [-0.3, -0.25) is 4.98 Å². The zero-order chi connectivity index (χ0) is 10.3. The van der Waals surface area contributed by atoms with Crippen LogP contribution in [0.2, 0.25) is 0 Å². The van der Waals surface area contributed by atoms with Gasteiger partial charge >= 0.3 is 10.6 Å². The average molecular weight is 201 g/mol. The van der Waals surface area contributed by atoms with E-state index in [1.165, 1.54) is 5.56 Å². The molecule has 13 heavy (non-hydrogen) atoms. The molecule has 0 aromatic carbocycles. The first-order valence-electron chi connectivity index (χ1n) is 3.74. The van der Waals surface area contributed by atoms with E-state index in [2.05, 4.69) is 18.0 Å². The lowest BCUT2D eigenvalue weighted by molar-refractivity contribution is 0.559. The molecule has 4 nitrogen and oxygen atoms in total. The Morgan fingerprint density at radius 1 is 1.31 bits per heavy atom. The summed E-state index contributed by atoms with van der Waals surface area (Å²) in [6.45, 7) is 4.13. The monoisotopic (exact) mass is 201 g/mol. The molecule has 5 heteroatoms. The van der Waals surface area contributed by atoms with E-state index >= 15 is 0 Å². The van der Waals surface area contributed by atoms with Crippen molar-refractivity contribution in [1.29, 1.82) is 0 Å². The van der Waals surface area contributed by atoms with E-state index in [-0.39, 0.29) is 0 Å². The van der Waals surface area contributed by atoms with Gasteiger partial charge in [-0.2, -0.15) is 0 Å². The van der Waals surface area contributed by atoms with Gasteiger partial charge < -0.3 is 0 Å². The fourth-order valence-electron chi connectivity index (χ4n) is 0.708. The van der Waals surface area contributed by atoms with Gasteiger partial charge in [-0.1, -0.05) is 13.0 Å². The molecule has 1 aromatic heterocycles. The Kier molecular flexibility index (Phi) is 5.71. The van der Waals surface area contributed by atoms with Crippen molar-refractivity contribution in [1.82, 2.24) is 4.98 Å². The second kappa shape index (κ2) is 6.30. The van der Waals surface area contributed by atoms with E-state index in [9.17, 15) is 0 Å². The summed E-state index contributed by atoms with van der Waals surface area (Å²) < 4.78 is 25.3. The van der Waals surface area contributed by atoms with Crippen LogP contribution in [-0.2, 0) is 17.0 Å². The fourth-order valence-corrected chi connectivity index (χ4v) is 0.708. The van der Waals surface area contributed by atoms with Crippen molar-refractivity contribution in [3.05, 3.63) is 29.6 Å². The largest absolute Gasteiger partial charge is 0.425 e. The van der Waals surface area contributed by atoms with Crippen molar-refractivity contribution in [3.63, 3.8) is 0 Å². The van der Waals surface area contributed by atoms with E-state index in [0.29, 0.717) is 0 Å². The number of hydrogen-bond donors (Lipinski definition) is 0. The smallest absolute Gasteiger partial charge is 0.261 e. The van der Waals surface area contributed by atoms with Crippen molar-refractivity contribution >= 4 is 10.6 Å². The van der Waals surface area contributed by atoms with Crippen molar-refractivity contribution in [2.24, 2.45) is 0 Å². The molecule has 0 saturated heterocycles. The number of aryl methyl sites for hydroxylation is 2. The van der Waals surface area contributed by atoms with Gasteiger partial charge in [0.15, 0.2) is 0 Å². The Morgan fingerprint density at radius 3 is 2.15 bits per heavy atom. The summed E-state index contributed by atoms with van der Waals surface area (Å²) in [6.07, 6.45) is 3.00. The standard InChI is InChI=1S/C8H11N.O3S/c1-3-8-5-4-7(2)9-6-8;1-4(2)3/h4-6H,3H2,1-2H3;. The summed E-state index contributed by atoms with van der Waals surface area (Å²) in [5.41, 5.74) is 2.40. The Balaban J connectivity index is 0.000000310. The summed E-state index contributed by atoms with van der Waals surface area (Å²) in [6, 6.07) is 4.15. The maximum absolute atomic E-state index is 8.44. The summed E-state index contributed by atoms with van der Waals surface area (Å²) >= 11 is 0. The van der Waals surface area contributed by atoms with Crippen molar-refractivity contribution in [2.45, 2.75) is 20.3 Å². The highest BCUT2D eigenvalue weighted by atomic mass is 32.2. The molecule has 72 valence electrons. The average Bonchev–Trinajstić information content (AvgIpc) is 2.05. The van der Waals surface area contributed by atoms with Crippen LogP contribution in [0.4, 0.5) is 0 Å². The lowest BCUT2D eigenvalue weighted by Crippen LogP contribution is -1.83. The first-order valence-corrected chi connectivity index (χ1v) is 4.74. The van der Waals surface area contributed by atoms with Crippen LogP contribution in [0.1, 0.15) is 18.2 Å². The minimum atomic E-state index is -3.11. The number of aromatic nitrogens is 1. The Labute approximate surface area is 78.7 Å². The van der Waals surface area contributed by atoms with E-state index in [1.54, 1.807) is 0 Å². The summed E-state index contributed by atoms with van der Waals surface area (Å²) in [4.78, 5) is 4.15. The van der Waals surface area contributed by atoms with Gasteiger partial charge in [0.1, 0.15) is 0 Å². The van der Waals surface area contributed by atoms with E-state index < -0.39 is 10.6 Å². The molecule has 0 aliphatic heterocycles. The van der Waals surface area contributed by atoms with Gasteiger partial charge in [0.2, 0.25) is 0 Å². The Hall–Kier alpha value is -1.23. The molecule has 0 radical (unpaired) electrons. The quantitative estimate of drug-likeness (QED) is 0.678. The zero-order valence-electron chi connectivity index (χ0n) is 7.52. The van der Waals surface area contributed by atoms with Crippen molar-refractivity contribution in [3.8, 4) is 0 Å². The second-order valence-electron chi connectivity index (χ2n) is 2.37. The molecule has 0 fully saturated rings. The Morgan fingerprint density at radius 2 is 1.85 bits per heavy atom. The first-order chi connectivity index (χ1) is 6.06. The van der Waals surface area contributed by atoms with Crippen LogP contribution in [0.25, 0.3) is 0 Å². The first kappa shape index (κ1) is 11.8. The van der Waals surface area contributed by atoms with Crippen LogP contribution in [0, 0.1) is 6.92 Å². The van der Waals surface area contributed by atoms with Crippen molar-refractivity contribution < 1.29 is 12.6 Å². The molecule has 1 rings (SSSR count). The molecule has 0 spiro atoms. The number of hydrogen-bond acceptors (Lipinski definition) is 4. The third-order valence-corrected chi connectivity index (χ3v) is 1.38. The lowest BCUT2D eigenvalue weighted by Gasteiger charge is -1.93. The van der Waals surface area contributed by atoms with Crippen LogP contribution in [0.5, 0.6) is 0 Å². The molecular weight excluding hydrogens is 190 g/mol. The molecule has 0 atom stereocenters. The molecule has 0 aliphatic carbocycles. The van der Waals surface area contributed by atoms with Crippen LogP contribution in [0.15, 0.2) is 18.3 Å². The fraction of sp³-hybridized carbons (Fsp3) is 0.375. The normalized spacial score (nSPS) is 8.46. The molecule has 0 unspecified atom stereocenters. The molecule has 0 aliphatic rings. The predicted molar refractivity (Wildman–Crippen MR) is 48.0 cm³/mol. The summed E-state index contributed by atoms with van der Waals surface area (Å²) in [5, 5.41) is 0. The van der Waals surface area contributed by atoms with Crippen LogP contribution in [0.3, 0.4) is 0 Å². The van der Waals surface area contributed by atoms with Gasteiger partial charge in [-0.15, -0.1) is 12.6 Å². The van der Waals surface area contributed by atoms with Gasteiger partial charge in [-0.25, -0.2) is 0 Å². The zero-order valence-corrected chi connectivity index (χ0v) is 8.34. The number of rotatable bonds is 1. The Bertz CT molecular complexity index is 334. The minimum Gasteiger partial charge on any atom is -0.261 e. The van der Waals surface area contributed by atoms with Crippen LogP contribution < -0.4 is 0 Å². The van der Waals surface area contributed by atoms with E-state index in [1.807, 2.05) is 19.2 Å². The van der Waals surface area contributed by atoms with Crippen molar-refractivity contribution in [2.75, 3.05) is 0 Å². The van der Waals surface area contributed by atoms with Gasteiger partial charge in [-0.05, 0) is 25.0 Å². The van der Waals surface area contributed by atoms with Gasteiger partial charge in [0, 0.05) is 11.9 Å². The third-order valence-electron chi connectivity index (χ3n) is 1.38. The highest BCUT2D eigenvalue weighted by molar-refractivity contribution is 7.59. The van der Waals surface area contributed by atoms with Crippen LogP contribution >= 0.6 is 0 Å². The third kappa shape index (κ3) is 7.14. The molecule has 0 bridgehead atoms. The minimum absolute atomic E-state index is 1.08. The highest BCUT2D eigenvalue weighted by Crippen LogP contribution is 1.98. The summed E-state index contributed by atoms with van der Waals surface area (Å²) in [5.74, 6) is 0. The highest BCUT2D eigenvalue weighted by Gasteiger charge is 1.86. The maximum Gasteiger partial charge on any atom is 0.425 e. The number of nitrogens with zero attached hydrogens (tertiary/aromatic N) is 1. The maximum atomic E-state index is 8.44. The van der Waals surface area contributed by atoms with Crippen LogP contribution in [-0.4, -0.2) is 17.6 Å². The second-order valence-corrected chi connectivity index (χ2v) is 2.77. The van der Waals surface area contributed by atoms with Gasteiger partial charge in [0.25, 0.3) is 0 Å². The molecule has 1 heterocycles. The molecule has 1 aromatic rings. The molecule has 0 N–H and O–H groups in total. The lowest BCUT2D eigenvalue weighted by atomic mass is 10.2. The van der Waals surface area contributed by atoms with Gasteiger partial charge in [0.05, 0.1) is 0 Å². The number of pyridine rings is 1. The topological polar surface area (TPSA) is 64.1 Å². The molecular formula is C8H11NO3S. The SMILES string of the molecule is CCc1ccc(C)nc1.O=S(=O)=O. The molecule has 0 amide bonds. The van der Waals surface area contributed by atoms with E-state index in [0.717, 1.165) is 12.1 Å². The summed E-state index contributed by atoms with van der Waals surface area (Å²) in [7, 11) is -3.11. The van der Waals surface area contributed by atoms with E-state index in [4.69, 9.17) is 12.6 Å². The molecule has 0 saturated carbocycles. The predicted octanol–water partition coefficient (Wildman–Crippen LogP) is 0.948.